The first kappa shape index (κ1) is 21.1. The number of anilines is 1. The average molecular weight is 440 g/mol. The van der Waals surface area contributed by atoms with Crippen molar-refractivity contribution in [3.05, 3.63) is 48.0 Å². The standard InChI is InChI=1S/C18H20N2O7S2/c1-2-27-17-10-9-15(11-16(17)18(21)22)29(25,26)20-13-5-7-14(8-6-13)28(23,24)19-12-3-4-12/h5-12,19-20H,2-4H2,1H3,(H,21,22). The minimum atomic E-state index is -4.09. The molecule has 156 valence electrons. The highest BCUT2D eigenvalue weighted by atomic mass is 32.2. The Bertz CT molecular complexity index is 1120. The number of nitrogens with one attached hydrogen (secondary N) is 2. The van der Waals surface area contributed by atoms with Crippen LogP contribution in [0.25, 0.3) is 0 Å². The molecule has 9 nitrogen and oxygen atoms in total. The van der Waals surface area contributed by atoms with Crippen LogP contribution in [0.1, 0.15) is 30.1 Å². The third kappa shape index (κ3) is 5.05. The lowest BCUT2D eigenvalue weighted by molar-refractivity contribution is 0.0692. The predicted molar refractivity (Wildman–Crippen MR) is 105 cm³/mol. The molecule has 29 heavy (non-hydrogen) atoms. The first-order chi connectivity index (χ1) is 13.6. The summed E-state index contributed by atoms with van der Waals surface area (Å²) in [6, 6.07) is 8.72. The summed E-state index contributed by atoms with van der Waals surface area (Å²) >= 11 is 0. The van der Waals surface area contributed by atoms with Gasteiger partial charge >= 0.3 is 5.97 Å². The van der Waals surface area contributed by atoms with Gasteiger partial charge in [0.1, 0.15) is 11.3 Å². The number of rotatable bonds is 9. The molecule has 3 N–H and O–H groups in total. The van der Waals surface area contributed by atoms with E-state index in [1.165, 1.54) is 36.4 Å². The molecule has 2 aromatic carbocycles. The molecule has 1 fully saturated rings. The van der Waals surface area contributed by atoms with Crippen LogP contribution in [0.4, 0.5) is 5.69 Å². The van der Waals surface area contributed by atoms with Crippen LogP contribution in [0.3, 0.4) is 0 Å². The Hall–Kier alpha value is -2.63. The molecule has 0 bridgehead atoms. The monoisotopic (exact) mass is 440 g/mol. The van der Waals surface area contributed by atoms with Gasteiger partial charge in [-0.15, -0.1) is 0 Å². The van der Waals surface area contributed by atoms with Gasteiger partial charge < -0.3 is 9.84 Å². The molecule has 3 rings (SSSR count). The van der Waals surface area contributed by atoms with Crippen LogP contribution in [0.5, 0.6) is 5.75 Å². The normalized spacial score (nSPS) is 14.4. The van der Waals surface area contributed by atoms with Crippen molar-refractivity contribution in [2.75, 3.05) is 11.3 Å². The van der Waals surface area contributed by atoms with E-state index in [9.17, 15) is 26.7 Å². The van der Waals surface area contributed by atoms with Crippen LogP contribution in [-0.4, -0.2) is 40.6 Å². The highest BCUT2D eigenvalue weighted by Crippen LogP contribution is 2.26. The smallest absolute Gasteiger partial charge is 0.339 e. The van der Waals surface area contributed by atoms with Gasteiger partial charge in [-0.05, 0) is 62.2 Å². The second kappa shape index (κ2) is 8.01. The maximum Gasteiger partial charge on any atom is 0.339 e. The van der Waals surface area contributed by atoms with E-state index in [4.69, 9.17) is 4.74 Å². The van der Waals surface area contributed by atoms with Gasteiger partial charge in [-0.3, -0.25) is 4.72 Å². The minimum Gasteiger partial charge on any atom is -0.493 e. The average Bonchev–Trinajstić information content (AvgIpc) is 3.45. The zero-order valence-corrected chi connectivity index (χ0v) is 17.1. The van der Waals surface area contributed by atoms with E-state index in [0.717, 1.165) is 18.9 Å². The fourth-order valence-corrected chi connectivity index (χ4v) is 4.92. The SMILES string of the molecule is CCOc1ccc(S(=O)(=O)Nc2ccc(S(=O)(=O)NC3CC3)cc2)cc1C(=O)O. The Balaban J connectivity index is 1.82. The van der Waals surface area contributed by atoms with Crippen molar-refractivity contribution >= 4 is 31.7 Å². The van der Waals surface area contributed by atoms with E-state index < -0.39 is 26.0 Å². The van der Waals surface area contributed by atoms with E-state index in [1.807, 2.05) is 0 Å². The zero-order valence-electron chi connectivity index (χ0n) is 15.5. The number of carboxylic acid groups (broad SMARTS) is 1. The van der Waals surface area contributed by atoms with Crippen molar-refractivity contribution in [2.45, 2.75) is 35.6 Å². The Morgan fingerprint density at radius 3 is 2.21 bits per heavy atom. The Morgan fingerprint density at radius 2 is 1.66 bits per heavy atom. The van der Waals surface area contributed by atoms with Crippen LogP contribution in [0.2, 0.25) is 0 Å². The largest absolute Gasteiger partial charge is 0.493 e. The van der Waals surface area contributed by atoms with Gasteiger partial charge in [0.05, 0.1) is 16.4 Å². The van der Waals surface area contributed by atoms with Crippen molar-refractivity contribution in [2.24, 2.45) is 0 Å². The minimum absolute atomic E-state index is 0.0292. The van der Waals surface area contributed by atoms with Gasteiger partial charge in [-0.25, -0.2) is 26.4 Å². The number of hydrogen-bond donors (Lipinski definition) is 3. The van der Waals surface area contributed by atoms with E-state index in [2.05, 4.69) is 9.44 Å². The summed E-state index contributed by atoms with van der Waals surface area (Å²) in [4.78, 5) is 11.2. The summed E-state index contributed by atoms with van der Waals surface area (Å²) in [6.45, 7) is 1.91. The number of sulfonamides is 2. The molecule has 1 aliphatic carbocycles. The van der Waals surface area contributed by atoms with E-state index in [1.54, 1.807) is 6.92 Å². The molecule has 0 amide bonds. The second-order valence-corrected chi connectivity index (χ2v) is 9.82. The lowest BCUT2D eigenvalue weighted by Gasteiger charge is -2.12. The van der Waals surface area contributed by atoms with Crippen LogP contribution < -0.4 is 14.2 Å². The highest BCUT2D eigenvalue weighted by molar-refractivity contribution is 7.92. The third-order valence-corrected chi connectivity index (χ3v) is 7.02. The van der Waals surface area contributed by atoms with Gasteiger partial charge in [-0.1, -0.05) is 0 Å². The summed E-state index contributed by atoms with van der Waals surface area (Å²) in [6.07, 6.45) is 1.61. The summed E-state index contributed by atoms with van der Waals surface area (Å²) < 4.78 is 59.6. The van der Waals surface area contributed by atoms with Crippen LogP contribution >= 0.6 is 0 Å². The molecule has 0 heterocycles. The second-order valence-electron chi connectivity index (χ2n) is 6.42. The molecule has 1 saturated carbocycles. The predicted octanol–water partition coefficient (Wildman–Crippen LogP) is 2.02. The van der Waals surface area contributed by atoms with Gasteiger partial charge in [0, 0.05) is 11.7 Å². The molecule has 0 unspecified atom stereocenters. The van der Waals surface area contributed by atoms with Crippen LogP contribution in [0, 0.1) is 0 Å². The van der Waals surface area contributed by atoms with Crippen molar-refractivity contribution in [1.29, 1.82) is 0 Å². The van der Waals surface area contributed by atoms with E-state index in [-0.39, 0.29) is 39.4 Å². The fourth-order valence-electron chi connectivity index (χ4n) is 2.53. The van der Waals surface area contributed by atoms with Gasteiger partial charge in [-0.2, -0.15) is 0 Å². The Morgan fingerprint density at radius 1 is 1.03 bits per heavy atom. The number of carboxylic acids is 1. The van der Waals surface area contributed by atoms with Gasteiger partial charge in [0.2, 0.25) is 10.0 Å². The highest BCUT2D eigenvalue weighted by Gasteiger charge is 2.28. The number of hydrogen-bond acceptors (Lipinski definition) is 6. The van der Waals surface area contributed by atoms with Crippen molar-refractivity contribution in [3.8, 4) is 5.75 Å². The number of ether oxygens (including phenoxy) is 1. The topological polar surface area (TPSA) is 139 Å². The van der Waals surface area contributed by atoms with E-state index in [0.29, 0.717) is 0 Å². The molecule has 0 aromatic heterocycles. The molecule has 0 spiro atoms. The lowest BCUT2D eigenvalue weighted by Crippen LogP contribution is -2.25. The van der Waals surface area contributed by atoms with Gasteiger partial charge in [0.25, 0.3) is 10.0 Å². The summed E-state index contributed by atoms with van der Waals surface area (Å²) in [5.41, 5.74) is -0.136. The quantitative estimate of drug-likeness (QED) is 0.542. The molecular formula is C18H20N2O7S2. The number of carbonyl (C=O) groups is 1. The number of aromatic carboxylic acids is 1. The van der Waals surface area contributed by atoms with Crippen molar-refractivity contribution in [1.82, 2.24) is 4.72 Å². The molecule has 1 aliphatic rings. The van der Waals surface area contributed by atoms with Crippen molar-refractivity contribution in [3.63, 3.8) is 0 Å². The molecule has 0 atom stereocenters. The molecular weight excluding hydrogens is 420 g/mol. The first-order valence-electron chi connectivity index (χ1n) is 8.78. The summed E-state index contributed by atoms with van der Waals surface area (Å²) in [5, 5.41) is 9.29. The van der Waals surface area contributed by atoms with Gasteiger partial charge in [0.15, 0.2) is 0 Å². The van der Waals surface area contributed by atoms with Crippen molar-refractivity contribution < 1.29 is 31.5 Å². The third-order valence-electron chi connectivity index (χ3n) is 4.11. The maximum absolute atomic E-state index is 12.6. The molecule has 2 aromatic rings. The Labute approximate surface area is 168 Å². The van der Waals surface area contributed by atoms with E-state index >= 15 is 0 Å². The number of benzene rings is 2. The van der Waals surface area contributed by atoms with Crippen LogP contribution in [0.15, 0.2) is 52.3 Å². The summed E-state index contributed by atoms with van der Waals surface area (Å²) in [5.74, 6) is -1.25. The first-order valence-corrected chi connectivity index (χ1v) is 11.7. The molecule has 0 radical (unpaired) electrons. The molecule has 0 aliphatic heterocycles. The lowest BCUT2D eigenvalue weighted by atomic mass is 10.2. The molecule has 0 saturated heterocycles. The zero-order chi connectivity index (χ0) is 21.2. The van der Waals surface area contributed by atoms with Crippen LogP contribution in [-0.2, 0) is 20.0 Å². The fraction of sp³-hybridized carbons (Fsp3) is 0.278. The maximum atomic E-state index is 12.6. The Kier molecular flexibility index (Phi) is 5.82. The molecule has 11 heteroatoms. The summed E-state index contributed by atoms with van der Waals surface area (Å²) in [7, 11) is -7.73.